The van der Waals surface area contributed by atoms with Crippen LogP contribution in [0.2, 0.25) is 0 Å². The third-order valence-corrected chi connectivity index (χ3v) is 4.17. The van der Waals surface area contributed by atoms with Crippen LogP contribution in [0.15, 0.2) is 18.2 Å². The molecule has 0 saturated carbocycles. The van der Waals surface area contributed by atoms with Crippen LogP contribution in [0.4, 0.5) is 15.1 Å². The highest BCUT2D eigenvalue weighted by Gasteiger charge is 2.26. The van der Waals surface area contributed by atoms with E-state index in [1.54, 1.807) is 11.0 Å². The molecule has 3 rings (SSSR count). The molecule has 1 aliphatic heterocycles. The molecule has 110 valence electrons. The third kappa shape index (κ3) is 2.73. The molecule has 0 atom stereocenters. The summed E-state index contributed by atoms with van der Waals surface area (Å²) in [6, 6.07) is 4.59. The van der Waals surface area contributed by atoms with Gasteiger partial charge in [-0.2, -0.15) is 0 Å². The van der Waals surface area contributed by atoms with Crippen LogP contribution in [0.25, 0.3) is 0 Å². The van der Waals surface area contributed by atoms with Crippen molar-refractivity contribution in [1.82, 2.24) is 9.59 Å². The van der Waals surface area contributed by atoms with Crippen molar-refractivity contribution in [3.63, 3.8) is 0 Å². The van der Waals surface area contributed by atoms with Crippen LogP contribution in [-0.4, -0.2) is 22.0 Å². The summed E-state index contributed by atoms with van der Waals surface area (Å²) < 4.78 is 17.4. The van der Waals surface area contributed by atoms with E-state index in [-0.39, 0.29) is 11.7 Å². The quantitative estimate of drug-likeness (QED) is 0.943. The van der Waals surface area contributed by atoms with Gasteiger partial charge in [-0.05, 0) is 31.0 Å². The number of fused-ring (bicyclic) bond motifs is 1. The van der Waals surface area contributed by atoms with Gasteiger partial charge in [0.2, 0.25) is 5.91 Å². The number of hydrogen-bond donors (Lipinski definition) is 1. The van der Waals surface area contributed by atoms with E-state index >= 15 is 0 Å². The molecule has 2 heterocycles. The summed E-state index contributed by atoms with van der Waals surface area (Å²) in [6.07, 6.45) is 1.09. The monoisotopic (exact) mass is 306 g/mol. The van der Waals surface area contributed by atoms with E-state index in [1.165, 1.54) is 23.7 Å². The predicted octanol–water partition coefficient (Wildman–Crippen LogP) is 2.59. The lowest BCUT2D eigenvalue weighted by Crippen LogP contribution is -2.35. The molecule has 0 fully saturated rings. The molecule has 1 aromatic heterocycles. The predicted molar refractivity (Wildman–Crippen MR) is 80.0 cm³/mol. The number of nitrogens with zero attached hydrogens (tertiary/aromatic N) is 3. The van der Waals surface area contributed by atoms with Crippen molar-refractivity contribution in [3.8, 4) is 0 Å². The first-order valence-corrected chi connectivity index (χ1v) is 7.60. The first-order valence-electron chi connectivity index (χ1n) is 6.83. The number of aromatic nitrogens is 2. The molecule has 1 aromatic carbocycles. The second-order valence-corrected chi connectivity index (χ2v) is 5.59. The van der Waals surface area contributed by atoms with Crippen LogP contribution < -0.4 is 10.2 Å². The van der Waals surface area contributed by atoms with Gasteiger partial charge in [0.1, 0.15) is 16.5 Å². The Bertz CT molecular complexity index is 673. The van der Waals surface area contributed by atoms with Crippen LogP contribution in [0.5, 0.6) is 0 Å². The van der Waals surface area contributed by atoms with Crippen LogP contribution in [0.1, 0.15) is 24.6 Å². The molecule has 1 amide bonds. The second kappa shape index (κ2) is 5.77. The number of carbonyl (C=O) groups is 1. The Kier molecular flexibility index (Phi) is 3.83. The van der Waals surface area contributed by atoms with Gasteiger partial charge in [-0.25, -0.2) is 4.39 Å². The van der Waals surface area contributed by atoms with E-state index in [0.29, 0.717) is 30.8 Å². The Morgan fingerprint density at radius 2 is 2.29 bits per heavy atom. The smallest absolute Gasteiger partial charge is 0.227 e. The molecule has 1 N–H and O–H groups in total. The Morgan fingerprint density at radius 3 is 3.10 bits per heavy atom. The fraction of sp³-hybridized carbons (Fsp3) is 0.357. The average molecular weight is 306 g/mol. The number of anilines is 2. The Balaban J connectivity index is 1.93. The first-order chi connectivity index (χ1) is 10.2. The van der Waals surface area contributed by atoms with Crippen molar-refractivity contribution in [2.45, 2.75) is 26.3 Å². The van der Waals surface area contributed by atoms with Gasteiger partial charge in [0.25, 0.3) is 0 Å². The normalized spacial score (nSPS) is 14.2. The number of rotatable bonds is 4. The topological polar surface area (TPSA) is 58.1 Å². The van der Waals surface area contributed by atoms with E-state index in [0.717, 1.165) is 17.1 Å². The molecule has 7 heteroatoms. The van der Waals surface area contributed by atoms with Crippen molar-refractivity contribution in [1.29, 1.82) is 0 Å². The molecule has 0 unspecified atom stereocenters. The minimum Gasteiger partial charge on any atom is -0.374 e. The average Bonchev–Trinajstić information content (AvgIpc) is 2.90. The summed E-state index contributed by atoms with van der Waals surface area (Å²) in [7, 11) is 0. The highest BCUT2D eigenvalue weighted by molar-refractivity contribution is 7.10. The Labute approximate surface area is 125 Å². The standard InChI is InChI=1S/C14H15FN4OS/c1-2-16-14-11(17-18-21-14)8-19-12-7-10(15)5-3-9(12)4-6-13(19)20/h3,5,7,16H,2,4,6,8H2,1H3. The fourth-order valence-electron chi connectivity index (χ4n) is 2.44. The highest BCUT2D eigenvalue weighted by Crippen LogP contribution is 2.31. The van der Waals surface area contributed by atoms with Gasteiger partial charge in [-0.1, -0.05) is 10.6 Å². The molecule has 2 aromatic rings. The second-order valence-electron chi connectivity index (χ2n) is 4.83. The lowest BCUT2D eigenvalue weighted by molar-refractivity contribution is -0.119. The van der Waals surface area contributed by atoms with Crippen molar-refractivity contribution in [2.75, 3.05) is 16.8 Å². The summed E-state index contributed by atoms with van der Waals surface area (Å²) in [6.45, 7) is 3.06. The minimum absolute atomic E-state index is 0.0106. The maximum atomic E-state index is 13.5. The largest absolute Gasteiger partial charge is 0.374 e. The number of benzene rings is 1. The van der Waals surface area contributed by atoms with Gasteiger partial charge in [-0.3, -0.25) is 4.79 Å². The summed E-state index contributed by atoms with van der Waals surface area (Å²) >= 11 is 1.26. The summed E-state index contributed by atoms with van der Waals surface area (Å²) in [4.78, 5) is 13.8. The lowest BCUT2D eigenvalue weighted by atomic mass is 10.0. The number of halogens is 1. The number of amides is 1. The van der Waals surface area contributed by atoms with Crippen molar-refractivity contribution < 1.29 is 9.18 Å². The van der Waals surface area contributed by atoms with Gasteiger partial charge >= 0.3 is 0 Å². The molecular weight excluding hydrogens is 291 g/mol. The van der Waals surface area contributed by atoms with Crippen molar-refractivity contribution >= 4 is 28.1 Å². The molecule has 0 radical (unpaired) electrons. The van der Waals surface area contributed by atoms with Gasteiger partial charge in [0, 0.05) is 24.5 Å². The summed E-state index contributed by atoms with van der Waals surface area (Å²) in [5, 5.41) is 8.11. The molecule has 5 nitrogen and oxygen atoms in total. The van der Waals surface area contributed by atoms with Crippen LogP contribution in [0, 0.1) is 5.82 Å². The number of carbonyl (C=O) groups excluding carboxylic acids is 1. The first kappa shape index (κ1) is 13.9. The van der Waals surface area contributed by atoms with Crippen LogP contribution in [0.3, 0.4) is 0 Å². The van der Waals surface area contributed by atoms with Crippen LogP contribution >= 0.6 is 11.5 Å². The maximum Gasteiger partial charge on any atom is 0.227 e. The van der Waals surface area contributed by atoms with Crippen LogP contribution in [-0.2, 0) is 17.8 Å². The number of aryl methyl sites for hydroxylation is 1. The highest BCUT2D eigenvalue weighted by atomic mass is 32.1. The Morgan fingerprint density at radius 1 is 1.43 bits per heavy atom. The van der Waals surface area contributed by atoms with Gasteiger partial charge in [0.05, 0.1) is 12.2 Å². The molecular formula is C14H15FN4OS. The molecule has 0 spiro atoms. The van der Waals surface area contributed by atoms with Crippen molar-refractivity contribution in [3.05, 3.63) is 35.3 Å². The fourth-order valence-corrected chi connectivity index (χ4v) is 3.08. The zero-order valence-electron chi connectivity index (χ0n) is 11.6. The van der Waals surface area contributed by atoms with E-state index < -0.39 is 0 Å². The zero-order valence-corrected chi connectivity index (χ0v) is 12.4. The maximum absolute atomic E-state index is 13.5. The molecule has 0 saturated heterocycles. The van der Waals surface area contributed by atoms with E-state index in [9.17, 15) is 9.18 Å². The Hall–Kier alpha value is -2.02. The summed E-state index contributed by atoms with van der Waals surface area (Å²) in [5.74, 6) is -0.347. The lowest BCUT2D eigenvalue weighted by Gasteiger charge is -2.29. The SMILES string of the molecule is CCNc1snnc1CN1C(=O)CCc2ccc(F)cc21. The van der Waals surface area contributed by atoms with Gasteiger partial charge < -0.3 is 10.2 Å². The van der Waals surface area contributed by atoms with Crippen molar-refractivity contribution in [2.24, 2.45) is 0 Å². The van der Waals surface area contributed by atoms with Gasteiger partial charge in [0.15, 0.2) is 0 Å². The molecule has 0 aliphatic carbocycles. The third-order valence-electron chi connectivity index (χ3n) is 3.45. The molecule has 1 aliphatic rings. The number of hydrogen-bond acceptors (Lipinski definition) is 5. The van der Waals surface area contributed by atoms with E-state index in [4.69, 9.17) is 0 Å². The zero-order chi connectivity index (χ0) is 14.8. The number of nitrogens with one attached hydrogen (secondary N) is 1. The van der Waals surface area contributed by atoms with E-state index in [1.807, 2.05) is 6.92 Å². The van der Waals surface area contributed by atoms with E-state index in [2.05, 4.69) is 14.9 Å². The summed E-state index contributed by atoms with van der Waals surface area (Å²) in [5.41, 5.74) is 2.35. The van der Waals surface area contributed by atoms with Gasteiger partial charge in [-0.15, -0.1) is 5.10 Å². The minimum atomic E-state index is -0.336. The molecule has 0 bridgehead atoms. The molecule has 21 heavy (non-hydrogen) atoms.